The molecule has 108 valence electrons. The van der Waals surface area contributed by atoms with Crippen LogP contribution in [0.25, 0.3) is 0 Å². The summed E-state index contributed by atoms with van der Waals surface area (Å²) in [7, 11) is 0. The average Bonchev–Trinajstić information content (AvgIpc) is 2.48. The molecule has 21 heavy (non-hydrogen) atoms. The van der Waals surface area contributed by atoms with Crippen molar-refractivity contribution in [3.8, 4) is 5.75 Å². The van der Waals surface area contributed by atoms with E-state index in [4.69, 9.17) is 9.47 Å². The van der Waals surface area contributed by atoms with Gasteiger partial charge >= 0.3 is 11.9 Å². The Kier molecular flexibility index (Phi) is 5.11. The molecule has 0 aliphatic rings. The van der Waals surface area contributed by atoms with Gasteiger partial charge in [-0.05, 0) is 43.3 Å². The molecule has 0 aliphatic heterocycles. The van der Waals surface area contributed by atoms with Gasteiger partial charge in [-0.2, -0.15) is 0 Å². The second-order valence-electron chi connectivity index (χ2n) is 4.15. The molecule has 0 amide bonds. The van der Waals surface area contributed by atoms with E-state index in [2.05, 4.69) is 15.9 Å². The molecule has 0 spiro atoms. The molecule has 0 heterocycles. The Morgan fingerprint density at radius 3 is 2.33 bits per heavy atom. The van der Waals surface area contributed by atoms with E-state index >= 15 is 0 Å². The lowest BCUT2D eigenvalue weighted by atomic mass is 10.2. The molecule has 0 unspecified atom stereocenters. The largest absolute Gasteiger partial charge is 0.462 e. The summed E-state index contributed by atoms with van der Waals surface area (Å²) in [5.74, 6) is -0.638. The van der Waals surface area contributed by atoms with E-state index < -0.39 is 11.9 Å². The Hall–Kier alpha value is -2.14. The highest BCUT2D eigenvalue weighted by atomic mass is 79.9. The maximum absolute atomic E-state index is 12.0. The Morgan fingerprint density at radius 1 is 1.00 bits per heavy atom. The van der Waals surface area contributed by atoms with Gasteiger partial charge in [0.05, 0.1) is 17.7 Å². The zero-order valence-corrected chi connectivity index (χ0v) is 12.9. The number of hydrogen-bond donors (Lipinski definition) is 0. The monoisotopic (exact) mass is 348 g/mol. The van der Waals surface area contributed by atoms with E-state index in [9.17, 15) is 9.59 Å². The summed E-state index contributed by atoms with van der Waals surface area (Å²) in [5, 5.41) is 0. The SMILES string of the molecule is CCOC(=O)c1cccc(OC(=O)c2cccc(Br)c2)c1. The molecule has 0 N–H and O–H groups in total. The summed E-state index contributed by atoms with van der Waals surface area (Å²) >= 11 is 3.29. The van der Waals surface area contributed by atoms with Crippen LogP contribution in [0.2, 0.25) is 0 Å². The number of halogens is 1. The van der Waals surface area contributed by atoms with Gasteiger partial charge < -0.3 is 9.47 Å². The molecule has 5 heteroatoms. The molecule has 2 rings (SSSR count). The number of carbonyl (C=O) groups excluding carboxylic acids is 2. The van der Waals surface area contributed by atoms with Gasteiger partial charge in [-0.15, -0.1) is 0 Å². The highest BCUT2D eigenvalue weighted by Crippen LogP contribution is 2.17. The summed E-state index contributed by atoms with van der Waals surface area (Å²) in [6.45, 7) is 2.02. The number of carbonyl (C=O) groups is 2. The first-order chi connectivity index (χ1) is 10.1. The summed E-state index contributed by atoms with van der Waals surface area (Å²) in [6, 6.07) is 13.2. The molecule has 0 atom stereocenters. The van der Waals surface area contributed by atoms with Gasteiger partial charge in [-0.25, -0.2) is 9.59 Å². The number of hydrogen-bond acceptors (Lipinski definition) is 4. The summed E-state index contributed by atoms with van der Waals surface area (Å²) in [6.07, 6.45) is 0. The second kappa shape index (κ2) is 7.04. The smallest absolute Gasteiger partial charge is 0.343 e. The van der Waals surface area contributed by atoms with Gasteiger partial charge in [-0.1, -0.05) is 28.1 Å². The van der Waals surface area contributed by atoms with Crippen molar-refractivity contribution in [2.75, 3.05) is 6.61 Å². The Morgan fingerprint density at radius 2 is 1.67 bits per heavy atom. The van der Waals surface area contributed by atoms with E-state index in [-0.39, 0.29) is 0 Å². The number of benzene rings is 2. The number of esters is 2. The molecule has 0 fully saturated rings. The van der Waals surface area contributed by atoms with Crippen molar-refractivity contribution < 1.29 is 19.1 Å². The van der Waals surface area contributed by atoms with Crippen LogP contribution in [0.5, 0.6) is 5.75 Å². The predicted octanol–water partition coefficient (Wildman–Crippen LogP) is 3.85. The summed E-state index contributed by atoms with van der Waals surface area (Å²) in [5.41, 5.74) is 0.766. The maximum atomic E-state index is 12.0. The first kappa shape index (κ1) is 15.3. The van der Waals surface area contributed by atoms with Crippen LogP contribution in [-0.2, 0) is 4.74 Å². The standard InChI is InChI=1S/C16H13BrO4/c1-2-20-15(18)12-6-4-8-14(10-12)21-16(19)11-5-3-7-13(17)9-11/h3-10H,2H2,1H3. The molecule has 0 saturated carbocycles. The fourth-order valence-corrected chi connectivity index (χ4v) is 2.08. The van der Waals surface area contributed by atoms with Gasteiger partial charge in [0, 0.05) is 4.47 Å². The lowest BCUT2D eigenvalue weighted by Crippen LogP contribution is -2.09. The van der Waals surface area contributed by atoms with Crippen LogP contribution in [0.15, 0.2) is 53.0 Å². The molecular formula is C16H13BrO4. The van der Waals surface area contributed by atoms with Crippen molar-refractivity contribution in [2.24, 2.45) is 0 Å². The quantitative estimate of drug-likeness (QED) is 0.622. The highest BCUT2D eigenvalue weighted by Gasteiger charge is 2.11. The second-order valence-corrected chi connectivity index (χ2v) is 5.06. The van der Waals surface area contributed by atoms with Crippen molar-refractivity contribution >= 4 is 27.9 Å². The zero-order valence-electron chi connectivity index (χ0n) is 11.3. The van der Waals surface area contributed by atoms with Crippen LogP contribution >= 0.6 is 15.9 Å². The topological polar surface area (TPSA) is 52.6 Å². The van der Waals surface area contributed by atoms with Gasteiger partial charge in [0.2, 0.25) is 0 Å². The maximum Gasteiger partial charge on any atom is 0.343 e. The molecule has 0 bridgehead atoms. The number of ether oxygens (including phenoxy) is 2. The fraction of sp³-hybridized carbons (Fsp3) is 0.125. The zero-order chi connectivity index (χ0) is 15.2. The van der Waals surface area contributed by atoms with E-state index in [1.807, 2.05) is 6.07 Å². The molecule has 0 aromatic heterocycles. The van der Waals surface area contributed by atoms with Crippen molar-refractivity contribution in [3.05, 3.63) is 64.1 Å². The van der Waals surface area contributed by atoms with Crippen molar-refractivity contribution in [3.63, 3.8) is 0 Å². The average molecular weight is 349 g/mol. The van der Waals surface area contributed by atoms with Gasteiger partial charge in [-0.3, -0.25) is 0 Å². The molecule has 2 aromatic carbocycles. The third kappa shape index (κ3) is 4.16. The minimum absolute atomic E-state index is 0.293. The summed E-state index contributed by atoms with van der Waals surface area (Å²) < 4.78 is 10.9. The Balaban J connectivity index is 2.14. The molecular weight excluding hydrogens is 336 g/mol. The lowest BCUT2D eigenvalue weighted by Gasteiger charge is -2.06. The predicted molar refractivity (Wildman–Crippen MR) is 81.5 cm³/mol. The van der Waals surface area contributed by atoms with Crippen LogP contribution in [-0.4, -0.2) is 18.5 Å². The van der Waals surface area contributed by atoms with Crippen LogP contribution in [0.4, 0.5) is 0 Å². The first-order valence-corrected chi connectivity index (χ1v) is 7.14. The number of rotatable bonds is 4. The Labute approximate surface area is 130 Å². The van der Waals surface area contributed by atoms with E-state index in [1.54, 1.807) is 43.3 Å². The van der Waals surface area contributed by atoms with E-state index in [0.717, 1.165) is 4.47 Å². The van der Waals surface area contributed by atoms with E-state index in [0.29, 0.717) is 23.5 Å². The van der Waals surface area contributed by atoms with Crippen molar-refractivity contribution in [1.82, 2.24) is 0 Å². The third-order valence-electron chi connectivity index (χ3n) is 2.62. The molecule has 0 saturated heterocycles. The fourth-order valence-electron chi connectivity index (χ4n) is 1.68. The minimum Gasteiger partial charge on any atom is -0.462 e. The Bertz CT molecular complexity index is 667. The van der Waals surface area contributed by atoms with E-state index in [1.165, 1.54) is 6.07 Å². The molecule has 4 nitrogen and oxygen atoms in total. The van der Waals surface area contributed by atoms with Crippen LogP contribution in [0.1, 0.15) is 27.6 Å². The minimum atomic E-state index is -0.489. The summed E-state index contributed by atoms with van der Waals surface area (Å²) in [4.78, 5) is 23.6. The van der Waals surface area contributed by atoms with Crippen molar-refractivity contribution in [1.29, 1.82) is 0 Å². The van der Waals surface area contributed by atoms with Crippen molar-refractivity contribution in [2.45, 2.75) is 6.92 Å². The first-order valence-electron chi connectivity index (χ1n) is 6.35. The van der Waals surface area contributed by atoms with Crippen LogP contribution in [0, 0.1) is 0 Å². The van der Waals surface area contributed by atoms with Crippen LogP contribution in [0.3, 0.4) is 0 Å². The van der Waals surface area contributed by atoms with Gasteiger partial charge in [0.15, 0.2) is 0 Å². The highest BCUT2D eigenvalue weighted by molar-refractivity contribution is 9.10. The van der Waals surface area contributed by atoms with Gasteiger partial charge in [0.1, 0.15) is 5.75 Å². The van der Waals surface area contributed by atoms with Gasteiger partial charge in [0.25, 0.3) is 0 Å². The molecule has 0 aliphatic carbocycles. The third-order valence-corrected chi connectivity index (χ3v) is 3.11. The van der Waals surface area contributed by atoms with Crippen LogP contribution < -0.4 is 4.74 Å². The normalized spacial score (nSPS) is 10.0. The molecule has 2 aromatic rings. The lowest BCUT2D eigenvalue weighted by molar-refractivity contribution is 0.0524. The molecule has 0 radical (unpaired) electrons.